The Labute approximate surface area is 161 Å². The van der Waals surface area contributed by atoms with E-state index in [1.54, 1.807) is 12.3 Å². The summed E-state index contributed by atoms with van der Waals surface area (Å²) in [5, 5.41) is 3.33. The molecule has 1 amide bonds. The maximum Gasteiger partial charge on any atom is 0.266 e. The molecular formula is C19H14BrN3O2S. The van der Waals surface area contributed by atoms with Gasteiger partial charge in [0, 0.05) is 16.4 Å². The molecule has 0 atom stereocenters. The van der Waals surface area contributed by atoms with Gasteiger partial charge in [0.1, 0.15) is 10.5 Å². The summed E-state index contributed by atoms with van der Waals surface area (Å²) in [5.74, 6) is -0.250. The van der Waals surface area contributed by atoms with Gasteiger partial charge in [-0.05, 0) is 55.3 Å². The predicted molar refractivity (Wildman–Crippen MR) is 108 cm³/mol. The molecule has 3 heterocycles. The Hall–Kier alpha value is -2.51. The number of hydrogen-bond donors (Lipinski definition) is 1. The van der Waals surface area contributed by atoms with Crippen molar-refractivity contribution in [2.24, 2.45) is 0 Å². The van der Waals surface area contributed by atoms with E-state index in [9.17, 15) is 9.59 Å². The summed E-state index contributed by atoms with van der Waals surface area (Å²) < 4.78 is 2.50. The Morgan fingerprint density at radius 1 is 1.19 bits per heavy atom. The summed E-state index contributed by atoms with van der Waals surface area (Å²) in [5.41, 5.74) is 3.10. The number of aromatic nitrogens is 2. The smallest absolute Gasteiger partial charge is 0.266 e. The predicted octanol–water partition coefficient (Wildman–Crippen LogP) is 4.54. The van der Waals surface area contributed by atoms with Gasteiger partial charge in [-0.1, -0.05) is 22.0 Å². The van der Waals surface area contributed by atoms with Gasteiger partial charge < -0.3 is 5.32 Å². The number of anilines is 1. The van der Waals surface area contributed by atoms with Gasteiger partial charge in [-0.3, -0.25) is 14.0 Å². The highest BCUT2D eigenvalue weighted by atomic mass is 79.9. The van der Waals surface area contributed by atoms with E-state index in [1.807, 2.05) is 44.2 Å². The third kappa shape index (κ3) is 2.83. The van der Waals surface area contributed by atoms with E-state index < -0.39 is 0 Å². The van der Waals surface area contributed by atoms with Crippen LogP contribution in [0, 0.1) is 13.8 Å². The first-order valence-corrected chi connectivity index (χ1v) is 9.54. The van der Waals surface area contributed by atoms with Crippen molar-refractivity contribution in [3.05, 3.63) is 73.4 Å². The highest BCUT2D eigenvalue weighted by Gasteiger charge is 2.15. The first-order chi connectivity index (χ1) is 12.4. The van der Waals surface area contributed by atoms with Crippen LogP contribution in [0.5, 0.6) is 0 Å². The lowest BCUT2D eigenvalue weighted by molar-refractivity contribution is 0.103. The largest absolute Gasteiger partial charge is 0.321 e. The lowest BCUT2D eigenvalue weighted by Gasteiger charge is -2.05. The van der Waals surface area contributed by atoms with Crippen molar-refractivity contribution >= 4 is 54.7 Å². The Bertz CT molecular complexity index is 1240. The van der Waals surface area contributed by atoms with E-state index in [0.29, 0.717) is 26.4 Å². The summed E-state index contributed by atoms with van der Waals surface area (Å²) in [4.78, 5) is 30.9. The summed E-state index contributed by atoms with van der Waals surface area (Å²) >= 11 is 4.67. The number of halogens is 1. The zero-order valence-electron chi connectivity index (χ0n) is 14.0. The number of pyridine rings is 1. The molecule has 0 aliphatic carbocycles. The molecule has 0 bridgehead atoms. The molecule has 4 aromatic rings. The van der Waals surface area contributed by atoms with E-state index in [0.717, 1.165) is 15.6 Å². The van der Waals surface area contributed by atoms with Gasteiger partial charge in [0.05, 0.1) is 10.3 Å². The quantitative estimate of drug-likeness (QED) is 0.510. The SMILES string of the molecule is Cc1cc(NC(=O)c2cc3c(=O)n4cccc(C)c4nc3s2)ccc1Br. The molecule has 130 valence electrons. The van der Waals surface area contributed by atoms with Crippen LogP contribution in [0.1, 0.15) is 20.8 Å². The van der Waals surface area contributed by atoms with Crippen LogP contribution in [-0.2, 0) is 0 Å². The monoisotopic (exact) mass is 427 g/mol. The Balaban J connectivity index is 1.77. The first kappa shape index (κ1) is 16.9. The van der Waals surface area contributed by atoms with Crippen LogP contribution >= 0.6 is 27.3 Å². The van der Waals surface area contributed by atoms with Gasteiger partial charge in [0.15, 0.2) is 0 Å². The molecule has 4 rings (SSSR count). The topological polar surface area (TPSA) is 63.5 Å². The van der Waals surface area contributed by atoms with Crippen molar-refractivity contribution in [1.82, 2.24) is 9.38 Å². The number of nitrogens with zero attached hydrogens (tertiary/aromatic N) is 2. The van der Waals surface area contributed by atoms with E-state index in [4.69, 9.17) is 0 Å². The Kier molecular flexibility index (Phi) is 4.13. The van der Waals surface area contributed by atoms with Crippen molar-refractivity contribution in [1.29, 1.82) is 0 Å². The van der Waals surface area contributed by atoms with Crippen LogP contribution in [0.25, 0.3) is 15.9 Å². The molecule has 3 aromatic heterocycles. The van der Waals surface area contributed by atoms with E-state index in [2.05, 4.69) is 26.2 Å². The Morgan fingerprint density at radius 2 is 2.00 bits per heavy atom. The van der Waals surface area contributed by atoms with Gasteiger partial charge in [-0.15, -0.1) is 11.3 Å². The van der Waals surface area contributed by atoms with Crippen molar-refractivity contribution in [3.63, 3.8) is 0 Å². The van der Waals surface area contributed by atoms with Crippen molar-refractivity contribution < 1.29 is 4.79 Å². The molecule has 5 nitrogen and oxygen atoms in total. The average molecular weight is 428 g/mol. The van der Waals surface area contributed by atoms with Crippen LogP contribution in [0.15, 0.2) is 51.9 Å². The van der Waals surface area contributed by atoms with Gasteiger partial charge in [0.2, 0.25) is 0 Å². The fourth-order valence-electron chi connectivity index (χ4n) is 2.79. The molecule has 0 saturated carbocycles. The normalized spacial score (nSPS) is 11.2. The first-order valence-electron chi connectivity index (χ1n) is 7.93. The minimum atomic E-state index is -0.250. The van der Waals surface area contributed by atoms with Crippen LogP contribution < -0.4 is 10.9 Å². The molecule has 1 aromatic carbocycles. The van der Waals surface area contributed by atoms with E-state index in [-0.39, 0.29) is 11.5 Å². The van der Waals surface area contributed by atoms with Crippen molar-refractivity contribution in [3.8, 4) is 0 Å². The fourth-order valence-corrected chi connectivity index (χ4v) is 3.95. The molecule has 0 spiro atoms. The van der Waals surface area contributed by atoms with Crippen molar-refractivity contribution in [2.75, 3.05) is 5.32 Å². The second-order valence-electron chi connectivity index (χ2n) is 6.05. The fraction of sp³-hybridized carbons (Fsp3) is 0.105. The lowest BCUT2D eigenvalue weighted by atomic mass is 10.2. The molecule has 26 heavy (non-hydrogen) atoms. The zero-order chi connectivity index (χ0) is 18.4. The number of thiophene rings is 1. The number of nitrogens with one attached hydrogen (secondary N) is 1. The number of amides is 1. The average Bonchev–Trinajstić information content (AvgIpc) is 3.04. The summed E-state index contributed by atoms with van der Waals surface area (Å²) in [6.45, 7) is 3.86. The third-order valence-electron chi connectivity index (χ3n) is 4.17. The molecule has 0 aliphatic rings. The highest BCUT2D eigenvalue weighted by Crippen LogP contribution is 2.25. The molecule has 1 N–H and O–H groups in total. The summed E-state index contributed by atoms with van der Waals surface area (Å²) in [7, 11) is 0. The maximum atomic E-state index is 12.7. The highest BCUT2D eigenvalue weighted by molar-refractivity contribution is 9.10. The molecule has 0 unspecified atom stereocenters. The van der Waals surface area contributed by atoms with E-state index >= 15 is 0 Å². The number of hydrogen-bond acceptors (Lipinski definition) is 4. The number of carbonyl (C=O) groups is 1. The van der Waals surface area contributed by atoms with Gasteiger partial charge in [-0.2, -0.15) is 0 Å². The summed E-state index contributed by atoms with van der Waals surface area (Å²) in [6.07, 6.45) is 1.69. The van der Waals surface area contributed by atoms with Crippen LogP contribution in [0.2, 0.25) is 0 Å². The molecule has 7 heteroatoms. The minimum absolute atomic E-state index is 0.163. The zero-order valence-corrected chi connectivity index (χ0v) is 16.4. The molecular weight excluding hydrogens is 414 g/mol. The molecule has 0 radical (unpaired) electrons. The number of benzene rings is 1. The summed E-state index contributed by atoms with van der Waals surface area (Å²) in [6, 6.07) is 10.9. The van der Waals surface area contributed by atoms with Crippen LogP contribution in [0.4, 0.5) is 5.69 Å². The maximum absolute atomic E-state index is 12.7. The molecule has 0 saturated heterocycles. The number of rotatable bonds is 2. The van der Waals surface area contributed by atoms with Crippen LogP contribution in [-0.4, -0.2) is 15.3 Å². The number of fused-ring (bicyclic) bond motifs is 2. The molecule has 0 fully saturated rings. The van der Waals surface area contributed by atoms with Gasteiger partial charge >= 0.3 is 0 Å². The second kappa shape index (κ2) is 6.34. The molecule has 0 aliphatic heterocycles. The Morgan fingerprint density at radius 3 is 2.77 bits per heavy atom. The van der Waals surface area contributed by atoms with Gasteiger partial charge in [0.25, 0.3) is 11.5 Å². The second-order valence-corrected chi connectivity index (χ2v) is 7.93. The number of aryl methyl sites for hydroxylation is 2. The standard InChI is InChI=1S/C19H14BrN3O2S/c1-10-4-3-7-23-16(10)22-18-13(19(23)25)9-15(26-18)17(24)21-12-5-6-14(20)11(2)8-12/h3-9H,1-2H3,(H,21,24). The van der Waals surface area contributed by atoms with Crippen molar-refractivity contribution in [2.45, 2.75) is 13.8 Å². The van der Waals surface area contributed by atoms with Gasteiger partial charge in [-0.25, -0.2) is 4.98 Å². The van der Waals surface area contributed by atoms with Crippen LogP contribution in [0.3, 0.4) is 0 Å². The van der Waals surface area contributed by atoms with E-state index in [1.165, 1.54) is 15.7 Å². The number of carbonyl (C=O) groups excluding carboxylic acids is 1. The minimum Gasteiger partial charge on any atom is -0.321 e. The third-order valence-corrected chi connectivity index (χ3v) is 6.09. The lowest BCUT2D eigenvalue weighted by Crippen LogP contribution is -2.14.